The summed E-state index contributed by atoms with van der Waals surface area (Å²) >= 11 is 0. The largest absolute Gasteiger partial charge is 0.487 e. The van der Waals surface area contributed by atoms with Crippen LogP contribution < -0.4 is 14.8 Å². The summed E-state index contributed by atoms with van der Waals surface area (Å²) in [5, 5.41) is 14.6. The second-order valence-electron chi connectivity index (χ2n) is 5.21. The van der Waals surface area contributed by atoms with Gasteiger partial charge in [0.1, 0.15) is 0 Å². The molecule has 0 radical (unpaired) electrons. The third kappa shape index (κ3) is 4.32. The lowest BCUT2D eigenvalue weighted by atomic mass is 9.99. The molecule has 6 nitrogen and oxygen atoms in total. The summed E-state index contributed by atoms with van der Waals surface area (Å²) < 4.78 is 11.2. The van der Waals surface area contributed by atoms with Crippen LogP contribution in [0.25, 0.3) is 0 Å². The van der Waals surface area contributed by atoms with Crippen molar-refractivity contribution in [1.82, 2.24) is 5.32 Å². The maximum absolute atomic E-state index is 11.3. The third-order valence-corrected chi connectivity index (χ3v) is 3.54. The highest BCUT2D eigenvalue weighted by Gasteiger charge is 2.23. The number of nitro benzene ring substituents is 1. The molecule has 1 N–H and O–H groups in total. The van der Waals surface area contributed by atoms with Gasteiger partial charge >= 0.3 is 5.69 Å². The number of hydrogen-bond donors (Lipinski definition) is 1. The van der Waals surface area contributed by atoms with Gasteiger partial charge in [-0.1, -0.05) is 13.0 Å². The number of para-hydroxylation sites is 1. The van der Waals surface area contributed by atoms with Crippen LogP contribution >= 0.6 is 0 Å². The molecule has 1 fully saturated rings. The molecule has 116 valence electrons. The van der Waals surface area contributed by atoms with E-state index in [0.29, 0.717) is 24.9 Å². The summed E-state index contributed by atoms with van der Waals surface area (Å²) in [7, 11) is 0. The molecule has 1 aliphatic heterocycles. The molecule has 6 heteroatoms. The van der Waals surface area contributed by atoms with Crippen molar-refractivity contribution in [2.24, 2.45) is 5.92 Å². The fraction of sp³-hybridized carbons (Fsp3) is 0.600. The lowest BCUT2D eigenvalue weighted by Gasteiger charge is -2.22. The Morgan fingerprint density at radius 1 is 1.29 bits per heavy atom. The van der Waals surface area contributed by atoms with Gasteiger partial charge in [0.25, 0.3) is 0 Å². The predicted octanol–water partition coefficient (Wildman–Crippen LogP) is 2.76. The fourth-order valence-corrected chi connectivity index (χ4v) is 2.38. The Hall–Kier alpha value is -1.82. The van der Waals surface area contributed by atoms with Crippen molar-refractivity contribution in [3.8, 4) is 11.5 Å². The minimum Gasteiger partial charge on any atom is -0.487 e. The van der Waals surface area contributed by atoms with Crippen molar-refractivity contribution in [3.05, 3.63) is 28.3 Å². The molecule has 21 heavy (non-hydrogen) atoms. The number of hydrogen-bond acceptors (Lipinski definition) is 5. The molecule has 0 saturated carbocycles. The minimum atomic E-state index is -0.428. The first-order valence-corrected chi connectivity index (χ1v) is 7.46. The number of nitrogens with zero attached hydrogens (tertiary/aromatic N) is 1. The quantitative estimate of drug-likeness (QED) is 0.618. The van der Waals surface area contributed by atoms with Crippen LogP contribution in [0.15, 0.2) is 18.2 Å². The molecule has 0 unspecified atom stereocenters. The molecule has 1 aromatic rings. The molecule has 0 aliphatic carbocycles. The van der Waals surface area contributed by atoms with E-state index in [9.17, 15) is 10.1 Å². The standard InChI is InChI=1S/C15H22N2O4/c1-2-10-20-13-4-3-5-14(15(13)17(18)19)21-11-12-6-8-16-9-7-12/h3-5,12,16H,2,6-11H2,1H3. The number of nitro groups is 1. The summed E-state index contributed by atoms with van der Waals surface area (Å²) in [5.41, 5.74) is -0.0696. The van der Waals surface area contributed by atoms with E-state index in [4.69, 9.17) is 9.47 Å². The third-order valence-electron chi connectivity index (χ3n) is 3.54. The van der Waals surface area contributed by atoms with Gasteiger partial charge in [-0.05, 0) is 50.4 Å². The van der Waals surface area contributed by atoms with Crippen molar-refractivity contribution in [3.63, 3.8) is 0 Å². The summed E-state index contributed by atoms with van der Waals surface area (Å²) in [6.45, 7) is 4.90. The molecular weight excluding hydrogens is 272 g/mol. The minimum absolute atomic E-state index is 0.0696. The Morgan fingerprint density at radius 2 is 1.95 bits per heavy atom. The Balaban J connectivity index is 2.07. The maximum Gasteiger partial charge on any atom is 0.352 e. The zero-order chi connectivity index (χ0) is 15.1. The zero-order valence-corrected chi connectivity index (χ0v) is 12.3. The number of piperidine rings is 1. The van der Waals surface area contributed by atoms with Gasteiger partial charge in [-0.3, -0.25) is 10.1 Å². The lowest BCUT2D eigenvalue weighted by Crippen LogP contribution is -2.30. The van der Waals surface area contributed by atoms with Crippen LogP contribution in [0.5, 0.6) is 11.5 Å². The Kier molecular flexibility index (Phi) is 5.80. The van der Waals surface area contributed by atoms with Gasteiger partial charge in [-0.2, -0.15) is 0 Å². The van der Waals surface area contributed by atoms with Crippen LogP contribution in [-0.2, 0) is 0 Å². The van der Waals surface area contributed by atoms with Crippen molar-refractivity contribution in [1.29, 1.82) is 0 Å². The molecule has 0 bridgehead atoms. The molecule has 0 amide bonds. The summed E-state index contributed by atoms with van der Waals surface area (Å²) in [6.07, 6.45) is 2.89. The smallest absolute Gasteiger partial charge is 0.352 e. The summed E-state index contributed by atoms with van der Waals surface area (Å²) in [5.74, 6) is 1.03. The molecule has 1 saturated heterocycles. The van der Waals surface area contributed by atoms with E-state index in [-0.39, 0.29) is 11.4 Å². The van der Waals surface area contributed by atoms with E-state index in [1.165, 1.54) is 0 Å². The topological polar surface area (TPSA) is 73.6 Å². The second kappa shape index (κ2) is 7.83. The van der Waals surface area contributed by atoms with Gasteiger partial charge < -0.3 is 14.8 Å². The van der Waals surface area contributed by atoms with Crippen LogP contribution in [0.4, 0.5) is 5.69 Å². The normalized spacial score (nSPS) is 15.7. The number of nitrogens with one attached hydrogen (secondary N) is 1. The van der Waals surface area contributed by atoms with Crippen LogP contribution in [-0.4, -0.2) is 31.2 Å². The first kappa shape index (κ1) is 15.6. The van der Waals surface area contributed by atoms with E-state index >= 15 is 0 Å². The second-order valence-corrected chi connectivity index (χ2v) is 5.21. The van der Waals surface area contributed by atoms with Crippen molar-refractivity contribution < 1.29 is 14.4 Å². The van der Waals surface area contributed by atoms with Crippen molar-refractivity contribution in [2.45, 2.75) is 26.2 Å². The lowest BCUT2D eigenvalue weighted by molar-refractivity contribution is -0.386. The highest BCUT2D eigenvalue weighted by atomic mass is 16.6. The van der Waals surface area contributed by atoms with Gasteiger partial charge in [0.15, 0.2) is 0 Å². The first-order valence-electron chi connectivity index (χ1n) is 7.46. The Bertz CT molecular complexity index is 473. The Morgan fingerprint density at radius 3 is 2.57 bits per heavy atom. The van der Waals surface area contributed by atoms with Crippen LogP contribution in [0.2, 0.25) is 0 Å². The van der Waals surface area contributed by atoms with Crippen molar-refractivity contribution in [2.75, 3.05) is 26.3 Å². The monoisotopic (exact) mass is 294 g/mol. The molecule has 0 atom stereocenters. The van der Waals surface area contributed by atoms with Gasteiger partial charge in [0.2, 0.25) is 11.5 Å². The van der Waals surface area contributed by atoms with Crippen LogP contribution in [0, 0.1) is 16.0 Å². The zero-order valence-electron chi connectivity index (χ0n) is 12.3. The van der Waals surface area contributed by atoms with Gasteiger partial charge in [-0.15, -0.1) is 0 Å². The van der Waals surface area contributed by atoms with E-state index in [1.54, 1.807) is 18.2 Å². The molecule has 0 aromatic heterocycles. The molecule has 2 rings (SSSR count). The summed E-state index contributed by atoms with van der Waals surface area (Å²) in [4.78, 5) is 10.9. The predicted molar refractivity (Wildman–Crippen MR) is 80.0 cm³/mol. The van der Waals surface area contributed by atoms with Crippen LogP contribution in [0.3, 0.4) is 0 Å². The van der Waals surface area contributed by atoms with E-state index in [0.717, 1.165) is 32.4 Å². The van der Waals surface area contributed by atoms with Gasteiger partial charge in [-0.25, -0.2) is 0 Å². The van der Waals surface area contributed by atoms with Crippen LogP contribution in [0.1, 0.15) is 26.2 Å². The molecule has 1 heterocycles. The summed E-state index contributed by atoms with van der Waals surface area (Å²) in [6, 6.07) is 4.99. The number of ether oxygens (including phenoxy) is 2. The van der Waals surface area contributed by atoms with E-state index in [2.05, 4.69) is 5.32 Å². The number of benzene rings is 1. The Labute approximate surface area is 124 Å². The number of rotatable bonds is 7. The van der Waals surface area contributed by atoms with E-state index in [1.807, 2.05) is 6.92 Å². The van der Waals surface area contributed by atoms with Gasteiger partial charge in [0, 0.05) is 0 Å². The highest BCUT2D eigenvalue weighted by Crippen LogP contribution is 2.37. The maximum atomic E-state index is 11.3. The molecule has 1 aliphatic rings. The van der Waals surface area contributed by atoms with Crippen molar-refractivity contribution >= 4 is 5.69 Å². The fourth-order valence-electron chi connectivity index (χ4n) is 2.38. The molecular formula is C15H22N2O4. The SMILES string of the molecule is CCCOc1cccc(OCC2CCNCC2)c1[N+](=O)[O-]. The average molecular weight is 294 g/mol. The van der Waals surface area contributed by atoms with E-state index < -0.39 is 4.92 Å². The molecule has 1 aromatic carbocycles. The van der Waals surface area contributed by atoms with Gasteiger partial charge in [0.05, 0.1) is 18.1 Å². The highest BCUT2D eigenvalue weighted by molar-refractivity contribution is 5.57. The first-order chi connectivity index (χ1) is 10.2. The average Bonchev–Trinajstić information content (AvgIpc) is 2.51. The molecule has 0 spiro atoms.